The van der Waals surface area contributed by atoms with E-state index in [-0.39, 0.29) is 17.1 Å². The second kappa shape index (κ2) is 7.68. The van der Waals surface area contributed by atoms with Crippen LogP contribution in [0.25, 0.3) is 0 Å². The Morgan fingerprint density at radius 2 is 1.89 bits per heavy atom. The predicted octanol–water partition coefficient (Wildman–Crippen LogP) is 3.07. The summed E-state index contributed by atoms with van der Waals surface area (Å²) in [6, 6.07) is 4.05. The number of anilines is 1. The van der Waals surface area contributed by atoms with Crippen molar-refractivity contribution < 1.29 is 37.2 Å². The number of rotatable bonds is 5. The summed E-state index contributed by atoms with van der Waals surface area (Å²) in [5, 5.41) is 12.5. The molecule has 1 heterocycles. The SMILES string of the molecule is COC(=O)c1cncc(Oc2ccc(NC(=O)C(F)(F)F)c([N+](=O)[O-])c2)c1. The highest BCUT2D eigenvalue weighted by molar-refractivity contribution is 5.97. The van der Waals surface area contributed by atoms with Gasteiger partial charge in [-0.2, -0.15) is 13.2 Å². The van der Waals surface area contributed by atoms with Gasteiger partial charge in [0.25, 0.3) is 5.69 Å². The smallest absolute Gasteiger partial charge is 0.465 e. The topological polar surface area (TPSA) is 121 Å². The van der Waals surface area contributed by atoms with Crippen LogP contribution in [0.3, 0.4) is 0 Å². The lowest BCUT2D eigenvalue weighted by Gasteiger charge is -2.10. The predicted molar refractivity (Wildman–Crippen MR) is 83.4 cm³/mol. The summed E-state index contributed by atoms with van der Waals surface area (Å²) in [5.74, 6) is -3.15. The average Bonchev–Trinajstić information content (AvgIpc) is 2.61. The molecule has 2 rings (SSSR count). The number of benzene rings is 1. The molecule has 9 nitrogen and oxygen atoms in total. The van der Waals surface area contributed by atoms with Crippen LogP contribution in [0, 0.1) is 10.1 Å². The molecule has 0 saturated carbocycles. The van der Waals surface area contributed by atoms with Gasteiger partial charge in [-0.1, -0.05) is 0 Å². The van der Waals surface area contributed by atoms with E-state index in [0.717, 1.165) is 25.3 Å². The quantitative estimate of drug-likeness (QED) is 0.477. The molecule has 0 unspecified atom stereocenters. The zero-order valence-corrected chi connectivity index (χ0v) is 13.4. The number of alkyl halides is 3. The van der Waals surface area contributed by atoms with Crippen LogP contribution in [0.1, 0.15) is 10.4 Å². The van der Waals surface area contributed by atoms with Crippen molar-refractivity contribution in [3.8, 4) is 11.5 Å². The molecule has 1 aromatic heterocycles. The van der Waals surface area contributed by atoms with Crippen LogP contribution in [0.4, 0.5) is 24.5 Å². The number of methoxy groups -OCH3 is 1. The molecule has 0 radical (unpaired) electrons. The second-order valence-electron chi connectivity index (χ2n) is 4.89. The van der Waals surface area contributed by atoms with Gasteiger partial charge >= 0.3 is 18.1 Å². The van der Waals surface area contributed by atoms with Crippen LogP contribution in [0.15, 0.2) is 36.7 Å². The molecule has 27 heavy (non-hydrogen) atoms. The third kappa shape index (κ3) is 4.90. The number of nitro groups is 1. The molecule has 0 aliphatic rings. The van der Waals surface area contributed by atoms with E-state index in [1.165, 1.54) is 23.8 Å². The minimum Gasteiger partial charge on any atom is -0.465 e. The Labute approximate surface area is 148 Å². The minimum atomic E-state index is -5.21. The third-order valence-electron chi connectivity index (χ3n) is 3.04. The first-order chi connectivity index (χ1) is 12.6. The van der Waals surface area contributed by atoms with Gasteiger partial charge in [0.2, 0.25) is 0 Å². The number of aromatic nitrogens is 1. The van der Waals surface area contributed by atoms with E-state index in [0.29, 0.717) is 0 Å². The Bertz CT molecular complexity index is 901. The first-order valence-electron chi connectivity index (χ1n) is 6.99. The number of nitrogens with one attached hydrogen (secondary N) is 1. The van der Waals surface area contributed by atoms with Gasteiger partial charge in [0.1, 0.15) is 17.2 Å². The molecule has 0 aliphatic carbocycles. The number of nitrogens with zero attached hydrogens (tertiary/aromatic N) is 2. The molecule has 142 valence electrons. The highest BCUT2D eigenvalue weighted by atomic mass is 19.4. The van der Waals surface area contributed by atoms with Gasteiger partial charge in [-0.3, -0.25) is 19.9 Å². The standard InChI is InChI=1S/C15H10F3N3O6/c1-26-13(22)8-4-10(7-19-6-8)27-9-2-3-11(12(5-9)21(24)25)20-14(23)15(16,17)18/h2-7H,1H3,(H,20,23). The van der Waals surface area contributed by atoms with Crippen LogP contribution in [-0.4, -0.2) is 35.1 Å². The number of esters is 1. The molecule has 1 N–H and O–H groups in total. The molecule has 0 spiro atoms. The van der Waals surface area contributed by atoms with Gasteiger partial charge in [0, 0.05) is 6.20 Å². The molecule has 0 fully saturated rings. The van der Waals surface area contributed by atoms with Gasteiger partial charge in [0.05, 0.1) is 29.9 Å². The number of amides is 1. The summed E-state index contributed by atoms with van der Waals surface area (Å²) in [7, 11) is 1.16. The van der Waals surface area contributed by atoms with Crippen molar-refractivity contribution in [2.24, 2.45) is 0 Å². The molecule has 12 heteroatoms. The second-order valence-corrected chi connectivity index (χ2v) is 4.89. The zero-order chi connectivity index (χ0) is 20.2. The van der Waals surface area contributed by atoms with E-state index in [1.54, 1.807) is 0 Å². The molecule has 2 aromatic rings. The number of carbonyl (C=O) groups excluding carboxylic acids is 2. The Balaban J connectivity index is 2.29. The van der Waals surface area contributed by atoms with Crippen molar-refractivity contribution in [1.82, 2.24) is 4.98 Å². The third-order valence-corrected chi connectivity index (χ3v) is 3.04. The van der Waals surface area contributed by atoms with Gasteiger partial charge in [-0.25, -0.2) is 4.79 Å². The number of hydrogen-bond donors (Lipinski definition) is 1. The van der Waals surface area contributed by atoms with Crippen LogP contribution in [0.2, 0.25) is 0 Å². The van der Waals surface area contributed by atoms with Gasteiger partial charge < -0.3 is 14.8 Å². The maximum atomic E-state index is 12.3. The van der Waals surface area contributed by atoms with E-state index >= 15 is 0 Å². The van der Waals surface area contributed by atoms with Crippen LogP contribution in [-0.2, 0) is 9.53 Å². The lowest BCUT2D eigenvalue weighted by molar-refractivity contribution is -0.384. The fraction of sp³-hybridized carbons (Fsp3) is 0.133. The largest absolute Gasteiger partial charge is 0.471 e. The Kier molecular flexibility index (Phi) is 5.58. The van der Waals surface area contributed by atoms with E-state index in [4.69, 9.17) is 4.74 Å². The summed E-state index contributed by atoms with van der Waals surface area (Å²) in [5.41, 5.74) is -1.42. The lowest BCUT2D eigenvalue weighted by atomic mass is 10.2. The Hall–Kier alpha value is -3.70. The normalized spacial score (nSPS) is 10.8. The van der Waals surface area contributed by atoms with Crippen molar-refractivity contribution in [3.63, 3.8) is 0 Å². The summed E-state index contributed by atoms with van der Waals surface area (Å²) >= 11 is 0. The van der Waals surface area contributed by atoms with Crippen molar-refractivity contribution >= 4 is 23.3 Å². The maximum Gasteiger partial charge on any atom is 0.471 e. The molecular weight excluding hydrogens is 375 g/mol. The number of hydrogen-bond acceptors (Lipinski definition) is 7. The van der Waals surface area contributed by atoms with E-state index in [1.807, 2.05) is 0 Å². The van der Waals surface area contributed by atoms with Gasteiger partial charge in [0.15, 0.2) is 0 Å². The fourth-order valence-corrected chi connectivity index (χ4v) is 1.87. The molecule has 0 bridgehead atoms. The molecule has 0 aliphatic heterocycles. The van der Waals surface area contributed by atoms with Crippen LogP contribution < -0.4 is 10.1 Å². The summed E-state index contributed by atoms with van der Waals surface area (Å²) in [4.78, 5) is 36.3. The fourth-order valence-electron chi connectivity index (χ4n) is 1.87. The Morgan fingerprint density at radius 3 is 2.48 bits per heavy atom. The van der Waals surface area contributed by atoms with Crippen molar-refractivity contribution in [2.45, 2.75) is 6.18 Å². The first kappa shape index (κ1) is 19.6. The van der Waals surface area contributed by atoms with Crippen molar-refractivity contribution in [2.75, 3.05) is 12.4 Å². The zero-order valence-electron chi connectivity index (χ0n) is 13.4. The number of carbonyl (C=O) groups is 2. The monoisotopic (exact) mass is 385 g/mol. The number of pyridine rings is 1. The van der Waals surface area contributed by atoms with Crippen LogP contribution >= 0.6 is 0 Å². The molecule has 1 aromatic carbocycles. The highest BCUT2D eigenvalue weighted by Crippen LogP contribution is 2.32. The number of halogens is 3. The number of nitro benzene ring substituents is 1. The number of ether oxygens (including phenoxy) is 2. The van der Waals surface area contributed by atoms with Crippen molar-refractivity contribution in [3.05, 3.63) is 52.3 Å². The molecule has 1 amide bonds. The van der Waals surface area contributed by atoms with Gasteiger partial charge in [-0.05, 0) is 18.2 Å². The van der Waals surface area contributed by atoms with E-state index in [9.17, 15) is 32.9 Å². The summed E-state index contributed by atoms with van der Waals surface area (Å²) in [6.45, 7) is 0. The molecular formula is C15H10F3N3O6. The van der Waals surface area contributed by atoms with E-state index in [2.05, 4.69) is 9.72 Å². The summed E-state index contributed by atoms with van der Waals surface area (Å²) in [6.07, 6.45) is -2.79. The maximum absolute atomic E-state index is 12.3. The Morgan fingerprint density at radius 1 is 1.19 bits per heavy atom. The molecule has 0 saturated heterocycles. The minimum absolute atomic E-state index is 0.0271. The molecule has 0 atom stereocenters. The lowest BCUT2D eigenvalue weighted by Crippen LogP contribution is -2.30. The first-order valence-corrected chi connectivity index (χ1v) is 6.99. The summed E-state index contributed by atoms with van der Waals surface area (Å²) < 4.78 is 46.8. The van der Waals surface area contributed by atoms with Crippen molar-refractivity contribution in [1.29, 1.82) is 0 Å². The highest BCUT2D eigenvalue weighted by Gasteiger charge is 2.39. The van der Waals surface area contributed by atoms with E-state index < -0.39 is 34.4 Å². The average molecular weight is 385 g/mol. The van der Waals surface area contributed by atoms with Gasteiger partial charge in [-0.15, -0.1) is 0 Å². The van der Waals surface area contributed by atoms with Crippen LogP contribution in [0.5, 0.6) is 11.5 Å².